The number of thioether (sulfide) groups is 1. The van der Waals surface area contributed by atoms with Gasteiger partial charge in [0.1, 0.15) is 0 Å². The van der Waals surface area contributed by atoms with E-state index in [9.17, 15) is 14.9 Å². The molecule has 0 bridgehead atoms. The maximum absolute atomic E-state index is 12.8. The van der Waals surface area contributed by atoms with Gasteiger partial charge in [-0.3, -0.25) is 9.59 Å². The Morgan fingerprint density at radius 1 is 1.29 bits per heavy atom. The third-order valence-electron chi connectivity index (χ3n) is 5.45. The maximum Gasteiger partial charge on any atom is 0.233 e. The van der Waals surface area contributed by atoms with E-state index in [1.54, 1.807) is 12.1 Å². The molecule has 3 atom stereocenters. The largest absolute Gasteiger partial charge is 0.337 e. The SMILES string of the molecule is C[C@@H]1CCC[C@H](C)N1C(=O)CSC1=C(C#N)[C@@H](c2ccc(Cl)cc2)CC(=O)N1. The molecule has 0 unspecified atom stereocenters. The third-order valence-corrected chi connectivity index (χ3v) is 6.70. The van der Waals surface area contributed by atoms with E-state index in [1.165, 1.54) is 11.8 Å². The van der Waals surface area contributed by atoms with Crippen LogP contribution in [0.25, 0.3) is 0 Å². The Hall–Kier alpha value is -1.97. The van der Waals surface area contributed by atoms with Gasteiger partial charge in [0.25, 0.3) is 0 Å². The molecule has 1 aromatic carbocycles. The van der Waals surface area contributed by atoms with Gasteiger partial charge in [0.05, 0.1) is 22.4 Å². The van der Waals surface area contributed by atoms with E-state index in [0.29, 0.717) is 15.6 Å². The first-order valence-electron chi connectivity index (χ1n) is 9.54. The molecule has 0 saturated carbocycles. The van der Waals surface area contributed by atoms with Crippen LogP contribution in [0.5, 0.6) is 0 Å². The van der Waals surface area contributed by atoms with Crippen LogP contribution in [0.15, 0.2) is 34.9 Å². The Kier molecular flexibility index (Phi) is 6.69. The van der Waals surface area contributed by atoms with E-state index in [4.69, 9.17) is 11.6 Å². The summed E-state index contributed by atoms with van der Waals surface area (Å²) in [7, 11) is 0. The number of likely N-dealkylation sites (tertiary alicyclic amines) is 1. The Morgan fingerprint density at radius 3 is 2.54 bits per heavy atom. The fraction of sp³-hybridized carbons (Fsp3) is 0.476. The molecule has 2 amide bonds. The summed E-state index contributed by atoms with van der Waals surface area (Å²) in [6.07, 6.45) is 3.38. The minimum atomic E-state index is -0.318. The quantitative estimate of drug-likeness (QED) is 0.796. The Bertz CT molecular complexity index is 821. The molecule has 3 rings (SSSR count). The summed E-state index contributed by atoms with van der Waals surface area (Å²) in [5.41, 5.74) is 1.37. The molecule has 2 aliphatic rings. The number of benzene rings is 1. The molecule has 148 valence electrons. The van der Waals surface area contributed by atoms with Crippen LogP contribution in [0.3, 0.4) is 0 Å². The molecule has 1 saturated heterocycles. The third kappa shape index (κ3) is 4.53. The number of nitrogens with one attached hydrogen (secondary N) is 1. The molecule has 0 aliphatic carbocycles. The summed E-state index contributed by atoms with van der Waals surface area (Å²) in [5, 5.41) is 13.6. The zero-order chi connectivity index (χ0) is 20.3. The number of hydrogen-bond acceptors (Lipinski definition) is 4. The smallest absolute Gasteiger partial charge is 0.233 e. The predicted octanol–water partition coefficient (Wildman–Crippen LogP) is 4.20. The standard InChI is InChI=1S/C21H24ClN3O2S/c1-13-4-3-5-14(2)25(13)20(27)12-28-21-18(11-23)17(10-19(26)24-21)15-6-8-16(22)9-7-15/h6-9,13-14,17H,3-5,10,12H2,1-2H3,(H,24,26)/t13-,14+,17-/m1/s1. The summed E-state index contributed by atoms with van der Waals surface area (Å²) in [6.45, 7) is 4.16. The maximum atomic E-state index is 12.8. The first-order valence-corrected chi connectivity index (χ1v) is 10.9. The number of amides is 2. The lowest BCUT2D eigenvalue weighted by molar-refractivity contribution is -0.134. The first-order chi connectivity index (χ1) is 13.4. The molecule has 1 fully saturated rings. The van der Waals surface area contributed by atoms with Gasteiger partial charge >= 0.3 is 0 Å². The number of hydrogen-bond donors (Lipinski definition) is 1. The molecular formula is C21H24ClN3O2S. The number of carbonyl (C=O) groups is 2. The second-order valence-electron chi connectivity index (χ2n) is 7.43. The molecular weight excluding hydrogens is 394 g/mol. The summed E-state index contributed by atoms with van der Waals surface area (Å²) in [4.78, 5) is 27.0. The van der Waals surface area contributed by atoms with Gasteiger partial charge in [-0.25, -0.2) is 0 Å². The van der Waals surface area contributed by atoms with E-state index in [1.807, 2.05) is 17.0 Å². The van der Waals surface area contributed by atoms with Crippen LogP contribution in [0.2, 0.25) is 5.02 Å². The van der Waals surface area contributed by atoms with E-state index in [-0.39, 0.29) is 42.0 Å². The van der Waals surface area contributed by atoms with Crippen molar-refractivity contribution in [1.29, 1.82) is 5.26 Å². The number of rotatable bonds is 4. The van der Waals surface area contributed by atoms with Gasteiger partial charge in [-0.05, 0) is 50.8 Å². The summed E-state index contributed by atoms with van der Waals surface area (Å²) in [5.74, 6) is -0.199. The summed E-state index contributed by atoms with van der Waals surface area (Å²) >= 11 is 7.21. The van der Waals surface area contributed by atoms with Gasteiger partial charge in [0.2, 0.25) is 11.8 Å². The van der Waals surface area contributed by atoms with Gasteiger partial charge < -0.3 is 10.2 Å². The Morgan fingerprint density at radius 2 is 1.93 bits per heavy atom. The van der Waals surface area contributed by atoms with Crippen molar-refractivity contribution in [3.05, 3.63) is 45.5 Å². The molecule has 28 heavy (non-hydrogen) atoms. The van der Waals surface area contributed by atoms with Gasteiger partial charge in [0.15, 0.2) is 0 Å². The molecule has 0 spiro atoms. The fourth-order valence-corrected chi connectivity index (χ4v) is 5.11. The average molecular weight is 418 g/mol. The highest BCUT2D eigenvalue weighted by Gasteiger charge is 2.32. The van der Waals surface area contributed by atoms with Gasteiger partial charge in [-0.2, -0.15) is 5.26 Å². The minimum Gasteiger partial charge on any atom is -0.337 e. The van der Waals surface area contributed by atoms with E-state index in [0.717, 1.165) is 24.8 Å². The van der Waals surface area contributed by atoms with Crippen molar-refractivity contribution >= 4 is 35.2 Å². The molecule has 2 heterocycles. The van der Waals surface area contributed by atoms with E-state index in [2.05, 4.69) is 25.2 Å². The number of carbonyl (C=O) groups excluding carboxylic acids is 2. The molecule has 5 nitrogen and oxygen atoms in total. The van der Waals surface area contributed by atoms with Crippen LogP contribution in [0.1, 0.15) is 51.0 Å². The van der Waals surface area contributed by atoms with E-state index >= 15 is 0 Å². The Labute approximate surface area is 175 Å². The van der Waals surface area contributed by atoms with Gasteiger partial charge in [0, 0.05) is 29.4 Å². The van der Waals surface area contributed by atoms with Crippen LogP contribution < -0.4 is 5.32 Å². The lowest BCUT2D eigenvalue weighted by Crippen LogP contribution is -2.48. The highest BCUT2D eigenvalue weighted by Crippen LogP contribution is 2.36. The number of allylic oxidation sites excluding steroid dienone is 1. The number of halogens is 1. The van der Waals surface area contributed by atoms with Crippen LogP contribution in [-0.2, 0) is 9.59 Å². The van der Waals surface area contributed by atoms with E-state index < -0.39 is 0 Å². The molecule has 1 aromatic rings. The lowest BCUT2D eigenvalue weighted by atomic mass is 9.87. The lowest BCUT2D eigenvalue weighted by Gasteiger charge is -2.39. The molecule has 7 heteroatoms. The van der Waals surface area contributed by atoms with Crippen LogP contribution in [-0.4, -0.2) is 34.6 Å². The minimum absolute atomic E-state index is 0.0531. The van der Waals surface area contributed by atoms with Gasteiger partial charge in [-0.1, -0.05) is 35.5 Å². The average Bonchev–Trinajstić information content (AvgIpc) is 2.66. The molecule has 0 aromatic heterocycles. The number of nitriles is 1. The van der Waals surface area contributed by atoms with Gasteiger partial charge in [-0.15, -0.1) is 0 Å². The van der Waals surface area contributed by atoms with Crippen molar-refractivity contribution in [1.82, 2.24) is 10.2 Å². The topological polar surface area (TPSA) is 73.2 Å². The van der Waals surface area contributed by atoms with Crippen molar-refractivity contribution < 1.29 is 9.59 Å². The summed E-state index contributed by atoms with van der Waals surface area (Å²) < 4.78 is 0. The van der Waals surface area contributed by atoms with Crippen molar-refractivity contribution in [2.45, 2.75) is 57.5 Å². The molecule has 0 radical (unpaired) electrons. The van der Waals surface area contributed by atoms with Crippen molar-refractivity contribution in [3.8, 4) is 6.07 Å². The normalized spacial score (nSPS) is 25.3. The highest BCUT2D eigenvalue weighted by molar-refractivity contribution is 8.03. The second-order valence-corrected chi connectivity index (χ2v) is 8.85. The molecule has 1 N–H and O–H groups in total. The zero-order valence-electron chi connectivity index (χ0n) is 16.1. The zero-order valence-corrected chi connectivity index (χ0v) is 17.6. The monoisotopic (exact) mass is 417 g/mol. The van der Waals surface area contributed by atoms with Crippen molar-refractivity contribution in [3.63, 3.8) is 0 Å². The fourth-order valence-electron chi connectivity index (χ4n) is 4.03. The number of piperidine rings is 1. The van der Waals surface area contributed by atoms with Crippen molar-refractivity contribution in [2.24, 2.45) is 0 Å². The van der Waals surface area contributed by atoms with Crippen LogP contribution in [0, 0.1) is 11.3 Å². The highest BCUT2D eigenvalue weighted by atomic mass is 35.5. The Balaban J connectivity index is 1.78. The first kappa shape index (κ1) is 20.8. The second kappa shape index (κ2) is 9.02. The predicted molar refractivity (Wildman–Crippen MR) is 112 cm³/mol. The summed E-state index contributed by atoms with van der Waals surface area (Å²) in [6, 6.07) is 9.89. The van der Waals surface area contributed by atoms with Crippen LogP contribution in [0.4, 0.5) is 0 Å². The van der Waals surface area contributed by atoms with Crippen LogP contribution >= 0.6 is 23.4 Å². The van der Waals surface area contributed by atoms with Crippen molar-refractivity contribution in [2.75, 3.05) is 5.75 Å². The molecule has 2 aliphatic heterocycles. The number of nitrogens with zero attached hydrogens (tertiary/aromatic N) is 2.